The molecule has 3 aromatic carbocycles. The molecule has 0 spiro atoms. The first kappa shape index (κ1) is 66.8. The Balaban J connectivity index is 1.33. The highest BCUT2D eigenvalue weighted by Crippen LogP contribution is 2.25. The summed E-state index contributed by atoms with van der Waals surface area (Å²) in [5.74, 6) is -2.77. The van der Waals surface area contributed by atoms with E-state index in [-0.39, 0.29) is 68.1 Å². The number of hydrazine groups is 1. The van der Waals surface area contributed by atoms with Gasteiger partial charge in [-0.1, -0.05) is 82.3 Å². The third-order valence-corrected chi connectivity index (χ3v) is 16.2. The minimum absolute atomic E-state index is 0.0369. The van der Waals surface area contributed by atoms with Crippen LogP contribution in [0.2, 0.25) is 0 Å². The van der Waals surface area contributed by atoms with Gasteiger partial charge in [-0.3, -0.25) is 43.2 Å². The number of nitrogen functional groups attached to an aromatic ring is 1. The van der Waals surface area contributed by atoms with Gasteiger partial charge in [-0.05, 0) is 93.1 Å². The number of phenols is 1. The molecule has 6 rings (SSSR count). The molecule has 10 atom stereocenters. The monoisotopic (exact) mass is 1230 g/mol. The van der Waals surface area contributed by atoms with Crippen LogP contribution in [0.5, 0.6) is 5.75 Å². The van der Waals surface area contributed by atoms with E-state index in [4.69, 9.17) is 17.3 Å². The van der Waals surface area contributed by atoms with Gasteiger partial charge in [0.1, 0.15) is 53.9 Å². The molecular formula is C57H75N15O12S2. The number of nitrogens with one attached hydrogen (secondary N) is 11. The highest BCUT2D eigenvalue weighted by molar-refractivity contribution is 8.76. The Morgan fingerprint density at radius 3 is 2.03 bits per heavy atom. The summed E-state index contributed by atoms with van der Waals surface area (Å²) in [5, 5.41) is 56.4. The number of rotatable bonds is 22. The maximum absolute atomic E-state index is 14.9. The van der Waals surface area contributed by atoms with Crippen molar-refractivity contribution in [2.75, 3.05) is 36.6 Å². The predicted octanol–water partition coefficient (Wildman–Crippen LogP) is -1.87. The predicted molar refractivity (Wildman–Crippen MR) is 324 cm³/mol. The molecule has 9 amide bonds. The Kier molecular flexibility index (Phi) is 25.9. The number of anilines is 1. The van der Waals surface area contributed by atoms with Gasteiger partial charge in [-0.25, -0.2) is 10.8 Å². The molecule has 0 radical (unpaired) electrons. The number of phenolic OH excluding ortho intramolecular Hbond substituents is 1. The highest BCUT2D eigenvalue weighted by atomic mass is 33.1. The Morgan fingerprint density at radius 2 is 1.36 bits per heavy atom. The summed E-state index contributed by atoms with van der Waals surface area (Å²) in [7, 11) is 1.88. The first-order valence-corrected chi connectivity index (χ1v) is 30.3. The molecule has 3 heterocycles. The van der Waals surface area contributed by atoms with Crippen LogP contribution in [0.25, 0.3) is 10.9 Å². The number of hydrogen-bond donors (Lipinski definition) is 17. The van der Waals surface area contributed by atoms with Crippen LogP contribution in [0.3, 0.4) is 0 Å². The Hall–Kier alpha value is -8.32. The van der Waals surface area contributed by atoms with Crippen LogP contribution < -0.4 is 70.6 Å². The molecule has 0 bridgehead atoms. The number of H-pyrrole nitrogens is 1. The first-order chi connectivity index (χ1) is 41.2. The number of hydrogen-bond acceptors (Lipinski definition) is 19. The van der Waals surface area contributed by atoms with Crippen LogP contribution in [0.1, 0.15) is 60.2 Å². The van der Waals surface area contributed by atoms with E-state index in [9.17, 15) is 58.5 Å². The van der Waals surface area contributed by atoms with Gasteiger partial charge in [0, 0.05) is 60.7 Å². The van der Waals surface area contributed by atoms with Gasteiger partial charge in [-0.15, -0.1) is 0 Å². The number of fused-ring (bicyclic) bond motifs is 1. The van der Waals surface area contributed by atoms with Crippen LogP contribution in [-0.4, -0.2) is 170 Å². The number of pyridine rings is 1. The first-order valence-electron chi connectivity index (χ1n) is 27.8. The maximum atomic E-state index is 14.9. The van der Waals surface area contributed by atoms with Crippen molar-refractivity contribution < 1.29 is 58.5 Å². The molecule has 1 aliphatic rings. The summed E-state index contributed by atoms with van der Waals surface area (Å²) in [5.41, 5.74) is 17.3. The summed E-state index contributed by atoms with van der Waals surface area (Å²) >= 11 is 0. The number of nitrogens with zero attached hydrogens (tertiary/aromatic N) is 1. The number of aromatic nitrogens is 2. The Bertz CT molecular complexity index is 3100. The summed E-state index contributed by atoms with van der Waals surface area (Å²) in [4.78, 5) is 135. The van der Waals surface area contributed by atoms with E-state index in [1.54, 1.807) is 42.6 Å². The fraction of sp³-hybridized carbons (Fsp3) is 0.404. The van der Waals surface area contributed by atoms with Gasteiger partial charge < -0.3 is 85.0 Å². The minimum Gasteiger partial charge on any atom is -0.508 e. The summed E-state index contributed by atoms with van der Waals surface area (Å²) in [6, 6.07) is 12.9. The normalized spacial score (nSPS) is 20.7. The SMILES string of the molecule is C[C@H](O)C1NC(=O)[C@H](CCCCN)NC(=O)[C@@H](Cc2c[nH]c3ccccc23)NC(=O)C(Cc2ccc(O)cc2)NC(=O)[C@@H](NC(=O)[C@H](N)Cc2ccccc2)CSSCC(C(=O)N[C@H](C(=O)NCCNC(=O)c2ccc(NN)nc2)[C@H](C)O)NC1=O. The van der Waals surface area contributed by atoms with Crippen LogP contribution in [0.15, 0.2) is 103 Å². The molecular weight excluding hydrogens is 1150 g/mol. The van der Waals surface area contributed by atoms with E-state index in [2.05, 4.69) is 63.2 Å². The number of unbranched alkanes of at least 4 members (excludes halogenated alkanes) is 1. The lowest BCUT2D eigenvalue weighted by Crippen LogP contribution is -2.63. The molecule has 2 aromatic heterocycles. The largest absolute Gasteiger partial charge is 0.508 e. The molecule has 29 heteroatoms. The van der Waals surface area contributed by atoms with Gasteiger partial charge >= 0.3 is 0 Å². The van der Waals surface area contributed by atoms with Crippen molar-refractivity contribution in [1.29, 1.82) is 0 Å². The Labute approximate surface area is 503 Å². The molecule has 1 saturated heterocycles. The summed E-state index contributed by atoms with van der Waals surface area (Å²) < 4.78 is 0. The van der Waals surface area contributed by atoms with Crippen molar-refractivity contribution in [1.82, 2.24) is 57.8 Å². The number of nitrogens with two attached hydrogens (primary N) is 3. The van der Waals surface area contributed by atoms with Gasteiger partial charge in [0.15, 0.2) is 0 Å². The van der Waals surface area contributed by atoms with Crippen molar-refractivity contribution in [3.8, 4) is 5.75 Å². The molecule has 20 N–H and O–H groups in total. The quantitative estimate of drug-likeness (QED) is 0.0156. The molecule has 0 saturated carbocycles. The lowest BCUT2D eigenvalue weighted by Gasteiger charge is -2.29. The van der Waals surface area contributed by atoms with E-state index >= 15 is 0 Å². The zero-order valence-electron chi connectivity index (χ0n) is 47.4. The molecule has 3 unspecified atom stereocenters. The summed E-state index contributed by atoms with van der Waals surface area (Å²) in [6.45, 7) is 2.41. The second-order valence-corrected chi connectivity index (χ2v) is 23.0. The van der Waals surface area contributed by atoms with Crippen LogP contribution >= 0.6 is 21.6 Å². The van der Waals surface area contributed by atoms with E-state index in [0.717, 1.165) is 38.1 Å². The van der Waals surface area contributed by atoms with Gasteiger partial charge in [0.2, 0.25) is 47.3 Å². The van der Waals surface area contributed by atoms with Crippen molar-refractivity contribution in [3.05, 3.63) is 126 Å². The number of aliphatic hydroxyl groups excluding tert-OH is 2. The molecule has 86 heavy (non-hydrogen) atoms. The summed E-state index contributed by atoms with van der Waals surface area (Å²) in [6.07, 6.45) is 0.182. The molecule has 0 aliphatic carbocycles. The molecule has 27 nitrogen and oxygen atoms in total. The van der Waals surface area contributed by atoms with Crippen LogP contribution in [-0.2, 0) is 57.6 Å². The second kappa shape index (κ2) is 33.4. The lowest BCUT2D eigenvalue weighted by atomic mass is 10.0. The van der Waals surface area contributed by atoms with Crippen LogP contribution in [0.4, 0.5) is 5.82 Å². The number of aliphatic hydroxyl groups is 2. The average molecular weight is 1230 g/mol. The third-order valence-electron chi connectivity index (χ3n) is 13.8. The fourth-order valence-corrected chi connectivity index (χ4v) is 11.3. The fourth-order valence-electron chi connectivity index (χ4n) is 8.99. The molecule has 1 fully saturated rings. The van der Waals surface area contributed by atoms with E-state index < -0.39 is 114 Å². The standard InChI is InChI=1S/C57H75N15O12S2/c1-31(73)47(56(83)62-23-22-61-49(76)35-17-20-46(72-60)64-27-35)70-55(82)45-30-86-85-29-44(68-50(77)39(59)24-33-10-4-3-5-11-33)54(81)66-42(25-34-15-18-37(75)19-16-34)52(79)67-43(26-36-28-63-40-13-7-6-12-38(36)40)53(80)65-41(14-8-9-21-58)51(78)71-48(32(2)74)57(84)69-45/h3-7,10-13,15-20,27-28,31-32,39,41-45,47-48,63,73-75H,8-9,14,21-26,29-30,58-60H2,1-2H3,(H,61,76)(H,62,83)(H,64,72)(H,65,80)(H,66,81)(H,67,79)(H,68,77)(H,69,84)(H,70,82)(H,71,78)/t31-,32-,39+,41-,42?,43+,44-,45?,47-,48?/m0/s1. The van der Waals surface area contributed by atoms with Gasteiger partial charge in [0.05, 0.1) is 23.8 Å². The van der Waals surface area contributed by atoms with E-state index in [1.165, 1.54) is 56.4 Å². The number of para-hydroxylation sites is 1. The van der Waals surface area contributed by atoms with E-state index in [0.29, 0.717) is 29.8 Å². The minimum atomic E-state index is -1.78. The average Bonchev–Trinajstić information content (AvgIpc) is 2.70. The zero-order valence-corrected chi connectivity index (χ0v) is 49.0. The number of amides is 9. The molecule has 462 valence electrons. The number of aromatic amines is 1. The Morgan fingerprint density at radius 1 is 0.709 bits per heavy atom. The van der Waals surface area contributed by atoms with Crippen molar-refractivity contribution in [3.63, 3.8) is 0 Å². The molecule has 5 aromatic rings. The van der Waals surface area contributed by atoms with E-state index in [1.807, 2.05) is 18.2 Å². The van der Waals surface area contributed by atoms with Gasteiger partial charge in [-0.2, -0.15) is 0 Å². The number of aromatic hydroxyl groups is 1. The third kappa shape index (κ3) is 20.2. The van der Waals surface area contributed by atoms with Gasteiger partial charge in [0.25, 0.3) is 5.91 Å². The number of benzene rings is 3. The maximum Gasteiger partial charge on any atom is 0.252 e. The topological polar surface area (TPSA) is 441 Å². The smallest absolute Gasteiger partial charge is 0.252 e. The second-order valence-electron chi connectivity index (χ2n) is 20.5. The van der Waals surface area contributed by atoms with Crippen LogP contribution in [0, 0.1) is 0 Å². The van der Waals surface area contributed by atoms with Crippen molar-refractivity contribution >= 4 is 91.5 Å². The van der Waals surface area contributed by atoms with Crippen molar-refractivity contribution in [2.45, 2.75) is 113 Å². The lowest BCUT2D eigenvalue weighted by molar-refractivity contribution is -0.137. The molecule has 1 aliphatic heterocycles. The van der Waals surface area contributed by atoms with Crippen molar-refractivity contribution in [2.24, 2.45) is 17.3 Å². The zero-order chi connectivity index (χ0) is 62.3. The highest BCUT2D eigenvalue weighted by Gasteiger charge is 2.37. The number of carbonyl (C=O) groups is 9. The number of carbonyl (C=O) groups excluding carboxylic acids is 9.